The number of carbonyl (C=O) groups is 2. The molecule has 10 nitrogen and oxygen atoms in total. The summed E-state index contributed by atoms with van der Waals surface area (Å²) in [6, 6.07) is 11.0. The van der Waals surface area contributed by atoms with Gasteiger partial charge in [0.15, 0.2) is 0 Å². The Morgan fingerprint density at radius 2 is 1.57 bits per heavy atom. The molecule has 0 aliphatic heterocycles. The van der Waals surface area contributed by atoms with Gasteiger partial charge in [0, 0.05) is 12.1 Å². The van der Waals surface area contributed by atoms with Crippen LogP contribution in [-0.2, 0) is 10.3 Å². The Labute approximate surface area is 159 Å². The van der Waals surface area contributed by atoms with Crippen LogP contribution in [0.25, 0.3) is 0 Å². The van der Waals surface area contributed by atoms with E-state index in [2.05, 4.69) is 5.32 Å². The van der Waals surface area contributed by atoms with Crippen LogP contribution in [0.2, 0.25) is 0 Å². The maximum atomic E-state index is 12.8. The van der Waals surface area contributed by atoms with Gasteiger partial charge in [0.25, 0.3) is 17.3 Å². The minimum atomic E-state index is -1.29. The summed E-state index contributed by atoms with van der Waals surface area (Å²) < 4.78 is 0. The van der Waals surface area contributed by atoms with Crippen LogP contribution in [0.4, 0.5) is 11.4 Å². The molecular weight excluding hydrogens is 370 g/mol. The number of carbonyl (C=O) groups excluding carboxylic acids is 1. The molecule has 0 fully saturated rings. The highest BCUT2D eigenvalue weighted by atomic mass is 16.6. The summed E-state index contributed by atoms with van der Waals surface area (Å²) in [4.78, 5) is 44.6. The number of amides is 1. The highest BCUT2D eigenvalue weighted by Gasteiger charge is 2.35. The predicted octanol–water partition coefficient (Wildman–Crippen LogP) is 3.01. The van der Waals surface area contributed by atoms with E-state index in [-0.39, 0.29) is 12.0 Å². The lowest BCUT2D eigenvalue weighted by atomic mass is 9.83. The third-order valence-corrected chi connectivity index (χ3v) is 4.32. The number of non-ortho nitro benzene ring substituents is 2. The summed E-state index contributed by atoms with van der Waals surface area (Å²) in [6.07, 6.45) is -0.220. The molecule has 0 aliphatic rings. The quantitative estimate of drug-likeness (QED) is 0.521. The Kier molecular flexibility index (Phi) is 6.04. The highest BCUT2D eigenvalue weighted by Crippen LogP contribution is 2.30. The second-order valence-corrected chi connectivity index (χ2v) is 6.08. The standard InChI is InChI=1S/C18H17N3O7/c1-2-18(11-16(22)23,13-6-4-3-5-7-13)19-17(24)12-8-14(20(25)26)10-15(9-12)21(27)28/h3-10H,2,11H2,1H3,(H,19,24)(H,22,23)/t18-/m0/s1. The molecule has 1 amide bonds. The topological polar surface area (TPSA) is 153 Å². The molecule has 10 heteroatoms. The van der Waals surface area contributed by atoms with Crippen molar-refractivity contribution in [3.63, 3.8) is 0 Å². The van der Waals surface area contributed by atoms with E-state index in [0.29, 0.717) is 5.56 Å². The maximum absolute atomic E-state index is 12.8. The molecule has 2 N–H and O–H groups in total. The number of carboxylic acids is 1. The largest absolute Gasteiger partial charge is 0.481 e. The maximum Gasteiger partial charge on any atom is 0.306 e. The Hall–Kier alpha value is -3.82. The Balaban J connectivity index is 2.50. The van der Waals surface area contributed by atoms with Crippen molar-refractivity contribution in [1.29, 1.82) is 0 Å². The summed E-state index contributed by atoms with van der Waals surface area (Å²) in [5.41, 5.74) is -2.28. The zero-order valence-corrected chi connectivity index (χ0v) is 14.8. The molecule has 0 aromatic heterocycles. The van der Waals surface area contributed by atoms with Gasteiger partial charge in [-0.2, -0.15) is 0 Å². The van der Waals surface area contributed by atoms with Gasteiger partial charge in [-0.3, -0.25) is 29.8 Å². The monoisotopic (exact) mass is 387 g/mol. The van der Waals surface area contributed by atoms with Crippen molar-refractivity contribution in [2.75, 3.05) is 0 Å². The van der Waals surface area contributed by atoms with E-state index in [1.165, 1.54) is 0 Å². The van der Waals surface area contributed by atoms with E-state index in [9.17, 15) is 34.9 Å². The Morgan fingerprint density at radius 3 is 2.00 bits per heavy atom. The second kappa shape index (κ2) is 8.25. The number of aliphatic carboxylic acids is 1. The first-order chi connectivity index (χ1) is 13.2. The number of hydrogen-bond acceptors (Lipinski definition) is 6. The van der Waals surface area contributed by atoms with Crippen molar-refractivity contribution >= 4 is 23.3 Å². The SMILES string of the molecule is CC[C@@](CC(=O)O)(NC(=O)c1cc([N+](=O)[O-])cc([N+](=O)[O-])c1)c1ccccc1. The molecule has 28 heavy (non-hydrogen) atoms. The number of nitrogens with zero attached hydrogens (tertiary/aromatic N) is 2. The molecule has 0 saturated carbocycles. The Bertz CT molecular complexity index is 898. The average molecular weight is 387 g/mol. The molecule has 2 aromatic rings. The van der Waals surface area contributed by atoms with Crippen molar-refractivity contribution in [3.8, 4) is 0 Å². The van der Waals surface area contributed by atoms with Crippen molar-refractivity contribution in [2.45, 2.75) is 25.3 Å². The fourth-order valence-corrected chi connectivity index (χ4v) is 2.88. The van der Waals surface area contributed by atoms with Crippen LogP contribution in [0.3, 0.4) is 0 Å². The van der Waals surface area contributed by atoms with Gasteiger partial charge >= 0.3 is 5.97 Å². The number of hydrogen-bond donors (Lipinski definition) is 2. The number of nitrogens with one attached hydrogen (secondary N) is 1. The lowest BCUT2D eigenvalue weighted by molar-refractivity contribution is -0.394. The van der Waals surface area contributed by atoms with Gasteiger partial charge in [-0.25, -0.2) is 0 Å². The van der Waals surface area contributed by atoms with Crippen molar-refractivity contribution in [1.82, 2.24) is 5.32 Å². The van der Waals surface area contributed by atoms with E-state index in [0.717, 1.165) is 18.2 Å². The van der Waals surface area contributed by atoms with Gasteiger partial charge in [0.1, 0.15) is 0 Å². The third kappa shape index (κ3) is 4.47. The third-order valence-electron chi connectivity index (χ3n) is 4.32. The number of rotatable bonds is 8. The van der Waals surface area contributed by atoms with Crippen LogP contribution < -0.4 is 5.32 Å². The van der Waals surface area contributed by atoms with Crippen LogP contribution >= 0.6 is 0 Å². The second-order valence-electron chi connectivity index (χ2n) is 6.08. The summed E-state index contributed by atoms with van der Waals surface area (Å²) in [6.45, 7) is 1.69. The van der Waals surface area contributed by atoms with Crippen LogP contribution in [-0.4, -0.2) is 26.8 Å². The molecule has 0 spiro atoms. The molecule has 0 unspecified atom stereocenters. The van der Waals surface area contributed by atoms with Crippen molar-refractivity contribution in [2.24, 2.45) is 0 Å². The molecular formula is C18H17N3O7. The highest BCUT2D eigenvalue weighted by molar-refractivity contribution is 5.96. The van der Waals surface area contributed by atoms with Gasteiger partial charge in [-0.1, -0.05) is 37.3 Å². The minimum absolute atomic E-state index is 0.214. The van der Waals surface area contributed by atoms with Crippen LogP contribution in [0.15, 0.2) is 48.5 Å². The summed E-state index contributed by atoms with van der Waals surface area (Å²) in [7, 11) is 0. The van der Waals surface area contributed by atoms with Gasteiger partial charge in [0.05, 0.1) is 33.4 Å². The van der Waals surface area contributed by atoms with Crippen molar-refractivity contribution < 1.29 is 24.5 Å². The zero-order chi connectivity index (χ0) is 20.9. The molecule has 0 radical (unpaired) electrons. The summed E-state index contributed by atoms with van der Waals surface area (Å²) >= 11 is 0. The molecule has 2 rings (SSSR count). The minimum Gasteiger partial charge on any atom is -0.481 e. The smallest absolute Gasteiger partial charge is 0.306 e. The normalized spacial score (nSPS) is 12.6. The van der Waals surface area contributed by atoms with E-state index >= 15 is 0 Å². The Morgan fingerprint density at radius 1 is 1.04 bits per heavy atom. The lowest BCUT2D eigenvalue weighted by Gasteiger charge is -2.33. The van der Waals surface area contributed by atoms with Gasteiger partial charge < -0.3 is 10.4 Å². The molecule has 0 bridgehead atoms. The van der Waals surface area contributed by atoms with Crippen LogP contribution in [0, 0.1) is 20.2 Å². The molecule has 0 saturated heterocycles. The molecule has 0 heterocycles. The molecule has 146 valence electrons. The van der Waals surface area contributed by atoms with E-state index in [1.54, 1.807) is 37.3 Å². The summed E-state index contributed by atoms with van der Waals surface area (Å²) in [5, 5.41) is 34.0. The van der Waals surface area contributed by atoms with Gasteiger partial charge in [0.2, 0.25) is 0 Å². The number of carboxylic acid groups (broad SMARTS) is 1. The summed E-state index contributed by atoms with van der Waals surface area (Å²) in [5.74, 6) is -2.00. The van der Waals surface area contributed by atoms with E-state index in [1.807, 2.05) is 0 Å². The average Bonchev–Trinajstić information content (AvgIpc) is 2.67. The number of benzene rings is 2. The first-order valence-corrected chi connectivity index (χ1v) is 8.22. The van der Waals surface area contributed by atoms with E-state index in [4.69, 9.17) is 0 Å². The molecule has 2 aromatic carbocycles. The van der Waals surface area contributed by atoms with Gasteiger partial charge in [-0.15, -0.1) is 0 Å². The van der Waals surface area contributed by atoms with Gasteiger partial charge in [-0.05, 0) is 12.0 Å². The fourth-order valence-electron chi connectivity index (χ4n) is 2.88. The van der Waals surface area contributed by atoms with E-state index < -0.39 is 45.1 Å². The molecule has 1 atom stereocenters. The zero-order valence-electron chi connectivity index (χ0n) is 14.8. The first kappa shape index (κ1) is 20.5. The van der Waals surface area contributed by atoms with Crippen LogP contribution in [0.1, 0.15) is 35.7 Å². The van der Waals surface area contributed by atoms with Crippen LogP contribution in [0.5, 0.6) is 0 Å². The number of nitro groups is 2. The lowest BCUT2D eigenvalue weighted by Crippen LogP contribution is -2.47. The molecule has 0 aliphatic carbocycles. The van der Waals surface area contributed by atoms with Crippen molar-refractivity contribution in [3.05, 3.63) is 79.9 Å². The fraction of sp³-hybridized carbons (Fsp3) is 0.222. The predicted molar refractivity (Wildman–Crippen MR) is 97.9 cm³/mol. The first-order valence-electron chi connectivity index (χ1n) is 8.22. The number of nitro benzene ring substituents is 2.